The fraction of sp³-hybridized carbons (Fsp3) is 0.318. The van der Waals surface area contributed by atoms with Crippen LogP contribution in [0.3, 0.4) is 0 Å². The summed E-state index contributed by atoms with van der Waals surface area (Å²) < 4.78 is 30.5. The van der Waals surface area contributed by atoms with E-state index in [1.807, 2.05) is 45.0 Å². The number of hydrogen-bond acceptors (Lipinski definition) is 3. The molecule has 1 aliphatic heterocycles. The van der Waals surface area contributed by atoms with Gasteiger partial charge in [-0.25, -0.2) is 13.4 Å². The Kier molecular flexibility index (Phi) is 4.85. The molecule has 0 aliphatic carbocycles. The third kappa shape index (κ3) is 3.16. The summed E-state index contributed by atoms with van der Waals surface area (Å²) in [6.45, 7) is 6.57. The lowest BCUT2D eigenvalue weighted by molar-refractivity contribution is 0.395. The van der Waals surface area contributed by atoms with Gasteiger partial charge in [0.25, 0.3) is 0 Å². The molecule has 6 heteroatoms. The van der Waals surface area contributed by atoms with E-state index in [1.54, 1.807) is 22.6 Å². The van der Waals surface area contributed by atoms with E-state index in [0.717, 1.165) is 41.2 Å². The maximum absolute atomic E-state index is 13.4. The number of sulfonamides is 1. The Morgan fingerprint density at radius 3 is 2.32 bits per heavy atom. The molecule has 1 aliphatic rings. The van der Waals surface area contributed by atoms with Crippen molar-refractivity contribution in [2.45, 2.75) is 44.6 Å². The van der Waals surface area contributed by atoms with Gasteiger partial charge in [0.2, 0.25) is 10.0 Å². The van der Waals surface area contributed by atoms with Crippen molar-refractivity contribution in [3.63, 3.8) is 0 Å². The molecular weight excluding hydrogens is 370 g/mol. The van der Waals surface area contributed by atoms with Gasteiger partial charge in [-0.2, -0.15) is 4.31 Å². The van der Waals surface area contributed by atoms with Crippen molar-refractivity contribution >= 4 is 10.0 Å². The molecule has 3 heterocycles. The van der Waals surface area contributed by atoms with Crippen LogP contribution in [0, 0.1) is 20.8 Å². The van der Waals surface area contributed by atoms with E-state index in [4.69, 9.17) is 0 Å². The number of nitrogens with zero attached hydrogens (tertiary/aromatic N) is 3. The van der Waals surface area contributed by atoms with Crippen LogP contribution in [0.4, 0.5) is 0 Å². The van der Waals surface area contributed by atoms with Crippen LogP contribution in [-0.2, 0) is 10.0 Å². The maximum atomic E-state index is 13.4. The largest absolute Gasteiger partial charge is 0.303 e. The highest BCUT2D eigenvalue weighted by molar-refractivity contribution is 7.89. The van der Waals surface area contributed by atoms with Gasteiger partial charge in [-0.3, -0.25) is 0 Å². The standard InChI is InChI=1S/C22H25N3O2S/c1-16-8-12-19(13-9-16)28(26,27)24-15-5-7-21(24)20-6-4-14-23-22(20)25-17(2)10-11-18(25)3/h4,6,8-14,21H,5,7,15H2,1-3H3/t21-/m0/s1. The molecule has 28 heavy (non-hydrogen) atoms. The zero-order chi connectivity index (χ0) is 19.9. The Hall–Kier alpha value is -2.44. The Labute approximate surface area is 166 Å². The number of aromatic nitrogens is 2. The van der Waals surface area contributed by atoms with E-state index in [-0.39, 0.29) is 6.04 Å². The van der Waals surface area contributed by atoms with Crippen molar-refractivity contribution in [1.29, 1.82) is 0 Å². The van der Waals surface area contributed by atoms with Crippen LogP contribution in [0.5, 0.6) is 0 Å². The molecular formula is C22H25N3O2S. The average Bonchev–Trinajstić information content (AvgIpc) is 3.29. The fourth-order valence-electron chi connectivity index (χ4n) is 4.04. The smallest absolute Gasteiger partial charge is 0.243 e. The highest BCUT2D eigenvalue weighted by Crippen LogP contribution is 2.38. The average molecular weight is 396 g/mol. The molecule has 4 rings (SSSR count). The molecule has 1 atom stereocenters. The SMILES string of the molecule is Cc1ccc(S(=O)(=O)N2CCC[C@H]2c2cccnc2-n2c(C)ccc2C)cc1. The molecule has 5 nitrogen and oxygen atoms in total. The summed E-state index contributed by atoms with van der Waals surface area (Å²) in [5, 5.41) is 0. The van der Waals surface area contributed by atoms with Crippen LogP contribution in [0.25, 0.3) is 5.82 Å². The minimum absolute atomic E-state index is 0.212. The van der Waals surface area contributed by atoms with E-state index in [1.165, 1.54) is 0 Å². The van der Waals surface area contributed by atoms with Crippen molar-refractivity contribution in [2.24, 2.45) is 0 Å². The molecule has 0 amide bonds. The van der Waals surface area contributed by atoms with Crippen molar-refractivity contribution in [2.75, 3.05) is 6.54 Å². The van der Waals surface area contributed by atoms with Crippen LogP contribution >= 0.6 is 0 Å². The lowest BCUT2D eigenvalue weighted by Crippen LogP contribution is -2.31. The van der Waals surface area contributed by atoms with Crippen molar-refractivity contribution in [3.8, 4) is 5.82 Å². The summed E-state index contributed by atoms with van der Waals surface area (Å²) >= 11 is 0. The molecule has 1 saturated heterocycles. The predicted molar refractivity (Wildman–Crippen MR) is 110 cm³/mol. The molecule has 0 radical (unpaired) electrons. The number of benzene rings is 1. The van der Waals surface area contributed by atoms with E-state index >= 15 is 0 Å². The number of aryl methyl sites for hydroxylation is 3. The van der Waals surface area contributed by atoms with Crippen molar-refractivity contribution < 1.29 is 8.42 Å². The second-order valence-corrected chi connectivity index (χ2v) is 9.35. The Morgan fingerprint density at radius 1 is 0.964 bits per heavy atom. The predicted octanol–water partition coefficient (Wildman–Crippen LogP) is 4.32. The highest BCUT2D eigenvalue weighted by atomic mass is 32.2. The normalized spacial score (nSPS) is 17.9. The summed E-state index contributed by atoms with van der Waals surface area (Å²) in [7, 11) is -3.56. The quantitative estimate of drug-likeness (QED) is 0.661. The van der Waals surface area contributed by atoms with Gasteiger partial charge in [0.05, 0.1) is 10.9 Å². The zero-order valence-corrected chi connectivity index (χ0v) is 17.3. The number of hydrogen-bond donors (Lipinski definition) is 0. The summed E-state index contributed by atoms with van der Waals surface area (Å²) in [6, 6.07) is 14.9. The third-order valence-electron chi connectivity index (χ3n) is 5.49. The minimum atomic E-state index is -3.56. The zero-order valence-electron chi connectivity index (χ0n) is 16.5. The monoisotopic (exact) mass is 395 g/mol. The fourth-order valence-corrected chi connectivity index (χ4v) is 5.72. The molecule has 146 valence electrons. The van der Waals surface area contributed by atoms with Crippen molar-refractivity contribution in [1.82, 2.24) is 13.9 Å². The van der Waals surface area contributed by atoms with Gasteiger partial charge < -0.3 is 4.57 Å². The second kappa shape index (κ2) is 7.18. The summed E-state index contributed by atoms with van der Waals surface area (Å²) in [4.78, 5) is 4.98. The highest BCUT2D eigenvalue weighted by Gasteiger charge is 2.37. The Morgan fingerprint density at radius 2 is 1.64 bits per heavy atom. The molecule has 1 fully saturated rings. The van der Waals surface area contributed by atoms with Gasteiger partial charge in [0.1, 0.15) is 5.82 Å². The first-order valence-electron chi connectivity index (χ1n) is 9.58. The molecule has 0 saturated carbocycles. The van der Waals surface area contributed by atoms with E-state index in [9.17, 15) is 8.42 Å². The molecule has 0 spiro atoms. The van der Waals surface area contributed by atoms with Gasteiger partial charge in [0, 0.05) is 29.7 Å². The van der Waals surface area contributed by atoms with Gasteiger partial charge >= 0.3 is 0 Å². The second-order valence-electron chi connectivity index (χ2n) is 7.45. The number of rotatable bonds is 4. The first kappa shape index (κ1) is 18.9. The van der Waals surface area contributed by atoms with E-state index in [2.05, 4.69) is 21.7 Å². The maximum Gasteiger partial charge on any atom is 0.243 e. The Bertz CT molecular complexity index is 1080. The van der Waals surface area contributed by atoms with Crippen LogP contribution in [0.1, 0.15) is 41.4 Å². The molecule has 1 aromatic carbocycles. The molecule has 0 bridgehead atoms. The lowest BCUT2D eigenvalue weighted by atomic mass is 10.1. The Balaban J connectivity index is 1.79. The first-order valence-corrected chi connectivity index (χ1v) is 11.0. The van der Waals surface area contributed by atoms with Gasteiger partial charge in [-0.05, 0) is 63.9 Å². The van der Waals surface area contributed by atoms with Crippen LogP contribution in [-0.4, -0.2) is 28.8 Å². The van der Waals surface area contributed by atoms with Crippen LogP contribution in [0.15, 0.2) is 59.6 Å². The lowest BCUT2D eigenvalue weighted by Gasteiger charge is -2.26. The van der Waals surface area contributed by atoms with Gasteiger partial charge in [-0.1, -0.05) is 23.8 Å². The molecule has 3 aromatic rings. The number of pyridine rings is 1. The van der Waals surface area contributed by atoms with Gasteiger partial charge in [-0.15, -0.1) is 0 Å². The van der Waals surface area contributed by atoms with Crippen LogP contribution < -0.4 is 0 Å². The molecule has 0 N–H and O–H groups in total. The summed E-state index contributed by atoms with van der Waals surface area (Å²) in [5.74, 6) is 0.818. The van der Waals surface area contributed by atoms with Crippen LogP contribution in [0.2, 0.25) is 0 Å². The van der Waals surface area contributed by atoms with E-state index in [0.29, 0.717) is 11.4 Å². The first-order chi connectivity index (χ1) is 13.4. The summed E-state index contributed by atoms with van der Waals surface area (Å²) in [5.41, 5.74) is 4.18. The minimum Gasteiger partial charge on any atom is -0.303 e. The summed E-state index contributed by atoms with van der Waals surface area (Å²) in [6.07, 6.45) is 3.41. The van der Waals surface area contributed by atoms with Crippen molar-refractivity contribution in [3.05, 3.63) is 77.2 Å². The molecule has 2 aromatic heterocycles. The topological polar surface area (TPSA) is 55.2 Å². The molecule has 0 unspecified atom stereocenters. The van der Waals surface area contributed by atoms with Gasteiger partial charge in [0.15, 0.2) is 0 Å². The third-order valence-corrected chi connectivity index (χ3v) is 7.41. The van der Waals surface area contributed by atoms with E-state index < -0.39 is 10.0 Å².